The van der Waals surface area contributed by atoms with Gasteiger partial charge < -0.3 is 14.1 Å². The molecule has 0 saturated heterocycles. The predicted molar refractivity (Wildman–Crippen MR) is 71.8 cm³/mol. The summed E-state index contributed by atoms with van der Waals surface area (Å²) in [6.07, 6.45) is 1.48. The van der Waals surface area contributed by atoms with Crippen molar-refractivity contribution in [3.63, 3.8) is 0 Å². The molecule has 0 aromatic carbocycles. The van der Waals surface area contributed by atoms with E-state index in [-0.39, 0.29) is 0 Å². The molecule has 1 N–H and O–H groups in total. The number of furan rings is 1. The van der Waals surface area contributed by atoms with Crippen LogP contribution < -0.4 is 5.56 Å². The molecule has 0 bridgehead atoms. The van der Waals surface area contributed by atoms with E-state index < -0.39 is 18.1 Å². The first-order valence-electron chi connectivity index (χ1n) is 6.23. The zero-order valence-corrected chi connectivity index (χ0v) is 11.1. The SMILES string of the molecule is CCn1c2cc(C)oc2c2cnn(CC(=O)O)c(=O)c21. The molecular weight excluding hydrogens is 262 g/mol. The number of carboxylic acids is 1. The van der Waals surface area contributed by atoms with Crippen LogP contribution in [0, 0.1) is 6.92 Å². The number of hydrogen-bond donors (Lipinski definition) is 1. The Labute approximate surface area is 113 Å². The molecule has 3 aromatic rings. The van der Waals surface area contributed by atoms with Crippen molar-refractivity contribution in [1.29, 1.82) is 0 Å². The molecule has 0 unspecified atom stereocenters. The Bertz CT molecular complexity index is 884. The number of rotatable bonds is 3. The van der Waals surface area contributed by atoms with E-state index >= 15 is 0 Å². The summed E-state index contributed by atoms with van der Waals surface area (Å²) in [5.41, 5.74) is 1.45. The number of carboxylic acid groups (broad SMARTS) is 1. The van der Waals surface area contributed by atoms with Gasteiger partial charge >= 0.3 is 5.97 Å². The Morgan fingerprint density at radius 3 is 2.90 bits per heavy atom. The monoisotopic (exact) mass is 275 g/mol. The number of aromatic nitrogens is 3. The van der Waals surface area contributed by atoms with Gasteiger partial charge in [0.1, 0.15) is 17.8 Å². The summed E-state index contributed by atoms with van der Waals surface area (Å²) in [6.45, 7) is 3.89. The van der Waals surface area contributed by atoms with Crippen LogP contribution in [0.4, 0.5) is 0 Å². The van der Waals surface area contributed by atoms with Crippen molar-refractivity contribution in [2.24, 2.45) is 0 Å². The maximum atomic E-state index is 12.4. The molecule has 7 heteroatoms. The summed E-state index contributed by atoms with van der Waals surface area (Å²) in [5.74, 6) is -0.345. The van der Waals surface area contributed by atoms with E-state index in [1.165, 1.54) is 6.20 Å². The van der Waals surface area contributed by atoms with Crippen LogP contribution in [0.25, 0.3) is 22.0 Å². The summed E-state index contributed by atoms with van der Waals surface area (Å²) in [5, 5.41) is 13.3. The first-order valence-corrected chi connectivity index (χ1v) is 6.23. The van der Waals surface area contributed by atoms with Crippen molar-refractivity contribution >= 4 is 28.0 Å². The number of aryl methyl sites for hydroxylation is 2. The van der Waals surface area contributed by atoms with Gasteiger partial charge in [0, 0.05) is 12.6 Å². The summed E-state index contributed by atoms with van der Waals surface area (Å²) in [4.78, 5) is 23.1. The first kappa shape index (κ1) is 12.5. The lowest BCUT2D eigenvalue weighted by atomic mass is 10.3. The molecule has 0 spiro atoms. The van der Waals surface area contributed by atoms with Gasteiger partial charge in [0.25, 0.3) is 5.56 Å². The largest absolute Gasteiger partial charge is 0.480 e. The van der Waals surface area contributed by atoms with E-state index in [9.17, 15) is 9.59 Å². The van der Waals surface area contributed by atoms with Crippen LogP contribution in [0.15, 0.2) is 21.5 Å². The van der Waals surface area contributed by atoms with Gasteiger partial charge in [0.2, 0.25) is 0 Å². The van der Waals surface area contributed by atoms with E-state index in [1.54, 1.807) is 0 Å². The zero-order valence-electron chi connectivity index (χ0n) is 11.1. The molecular formula is C13H13N3O4. The standard InChI is InChI=1S/C13H13N3O4/c1-3-15-9-4-7(2)20-12(9)8-5-14-16(6-10(17)18)13(19)11(8)15/h4-5H,3,6H2,1-2H3,(H,17,18). The maximum Gasteiger partial charge on any atom is 0.325 e. The van der Waals surface area contributed by atoms with Gasteiger partial charge in [-0.3, -0.25) is 9.59 Å². The molecule has 3 rings (SSSR count). The minimum Gasteiger partial charge on any atom is -0.480 e. The minimum atomic E-state index is -1.10. The van der Waals surface area contributed by atoms with Crippen LogP contribution in [0.3, 0.4) is 0 Å². The van der Waals surface area contributed by atoms with Crippen molar-refractivity contribution in [3.05, 3.63) is 28.4 Å². The average Bonchev–Trinajstić information content (AvgIpc) is 2.87. The molecule has 20 heavy (non-hydrogen) atoms. The number of fused-ring (bicyclic) bond motifs is 3. The second kappa shape index (κ2) is 4.22. The normalized spacial score (nSPS) is 11.5. The van der Waals surface area contributed by atoms with Crippen molar-refractivity contribution < 1.29 is 14.3 Å². The molecule has 0 aliphatic rings. The molecule has 104 valence electrons. The van der Waals surface area contributed by atoms with E-state index in [4.69, 9.17) is 9.52 Å². The topological polar surface area (TPSA) is 90.3 Å². The van der Waals surface area contributed by atoms with Crippen LogP contribution in [0.1, 0.15) is 12.7 Å². The van der Waals surface area contributed by atoms with E-state index in [0.29, 0.717) is 23.0 Å². The maximum absolute atomic E-state index is 12.4. The molecule has 0 saturated carbocycles. The summed E-state index contributed by atoms with van der Waals surface area (Å²) >= 11 is 0. The molecule has 0 aliphatic carbocycles. The highest BCUT2D eigenvalue weighted by atomic mass is 16.4. The summed E-state index contributed by atoms with van der Waals surface area (Å²) in [7, 11) is 0. The molecule has 0 fully saturated rings. The van der Waals surface area contributed by atoms with E-state index in [0.717, 1.165) is 16.0 Å². The predicted octanol–water partition coefficient (Wildman–Crippen LogP) is 1.36. The lowest BCUT2D eigenvalue weighted by Crippen LogP contribution is -2.27. The fourth-order valence-corrected chi connectivity index (χ4v) is 2.49. The Kier molecular flexibility index (Phi) is 2.63. The fraction of sp³-hybridized carbons (Fsp3) is 0.308. The highest BCUT2D eigenvalue weighted by molar-refractivity contribution is 6.04. The van der Waals surface area contributed by atoms with Gasteiger partial charge in [0.15, 0.2) is 5.58 Å². The number of carbonyl (C=O) groups is 1. The van der Waals surface area contributed by atoms with Crippen molar-refractivity contribution in [1.82, 2.24) is 14.3 Å². The van der Waals surface area contributed by atoms with Gasteiger partial charge in [-0.15, -0.1) is 0 Å². The molecule has 3 aromatic heterocycles. The second-order valence-corrected chi connectivity index (χ2v) is 4.58. The van der Waals surface area contributed by atoms with Crippen molar-refractivity contribution in [3.8, 4) is 0 Å². The highest BCUT2D eigenvalue weighted by Gasteiger charge is 2.18. The van der Waals surface area contributed by atoms with Gasteiger partial charge in [0.05, 0.1) is 17.1 Å². The summed E-state index contributed by atoms with van der Waals surface area (Å²) in [6, 6.07) is 1.86. The molecule has 7 nitrogen and oxygen atoms in total. The van der Waals surface area contributed by atoms with Crippen LogP contribution in [0.2, 0.25) is 0 Å². The number of hydrogen-bond acceptors (Lipinski definition) is 4. The first-order chi connectivity index (χ1) is 9.52. The van der Waals surface area contributed by atoms with Gasteiger partial charge in [-0.1, -0.05) is 0 Å². The van der Waals surface area contributed by atoms with Crippen LogP contribution in [-0.4, -0.2) is 25.4 Å². The Morgan fingerprint density at radius 2 is 2.25 bits per heavy atom. The van der Waals surface area contributed by atoms with E-state index in [1.807, 2.05) is 24.5 Å². The van der Waals surface area contributed by atoms with Crippen molar-refractivity contribution in [2.75, 3.05) is 0 Å². The van der Waals surface area contributed by atoms with Crippen molar-refractivity contribution in [2.45, 2.75) is 26.9 Å². The summed E-state index contributed by atoms with van der Waals surface area (Å²) < 4.78 is 8.38. The Hall–Kier alpha value is -2.57. The molecule has 0 amide bonds. The average molecular weight is 275 g/mol. The quantitative estimate of drug-likeness (QED) is 0.779. The zero-order chi connectivity index (χ0) is 14.4. The third-order valence-corrected chi connectivity index (χ3v) is 3.26. The number of aliphatic carboxylic acids is 1. The Balaban J connectivity index is 2.42. The number of nitrogens with zero attached hydrogens (tertiary/aromatic N) is 3. The van der Waals surface area contributed by atoms with E-state index in [2.05, 4.69) is 5.10 Å². The lowest BCUT2D eigenvalue weighted by molar-refractivity contribution is -0.137. The fourth-order valence-electron chi connectivity index (χ4n) is 2.49. The third kappa shape index (κ3) is 1.63. The smallest absolute Gasteiger partial charge is 0.325 e. The van der Waals surface area contributed by atoms with Gasteiger partial charge in [-0.25, -0.2) is 4.68 Å². The van der Waals surface area contributed by atoms with Crippen LogP contribution in [0.5, 0.6) is 0 Å². The second-order valence-electron chi connectivity index (χ2n) is 4.58. The van der Waals surface area contributed by atoms with Gasteiger partial charge in [-0.05, 0) is 13.8 Å². The van der Waals surface area contributed by atoms with Crippen LogP contribution >= 0.6 is 0 Å². The minimum absolute atomic E-state index is 0.421. The highest BCUT2D eigenvalue weighted by Crippen LogP contribution is 2.28. The molecule has 0 aliphatic heterocycles. The van der Waals surface area contributed by atoms with Gasteiger partial charge in [-0.2, -0.15) is 5.10 Å². The Morgan fingerprint density at radius 1 is 1.50 bits per heavy atom. The lowest BCUT2D eigenvalue weighted by Gasteiger charge is -2.04. The molecule has 0 radical (unpaired) electrons. The molecule has 0 atom stereocenters. The third-order valence-electron chi connectivity index (χ3n) is 3.26. The van der Waals surface area contributed by atoms with Crippen LogP contribution in [-0.2, 0) is 17.9 Å². The molecule has 3 heterocycles.